The van der Waals surface area contributed by atoms with Gasteiger partial charge >= 0.3 is 0 Å². The highest BCUT2D eigenvalue weighted by Crippen LogP contribution is 2.26. The average molecular weight is 472 g/mol. The third kappa shape index (κ3) is 6.02. The van der Waals surface area contributed by atoms with Crippen molar-refractivity contribution in [1.82, 2.24) is 24.8 Å². The van der Waals surface area contributed by atoms with Crippen molar-refractivity contribution in [2.45, 2.75) is 31.7 Å². The van der Waals surface area contributed by atoms with E-state index >= 15 is 0 Å². The number of H-pyrrole nitrogens is 1. The minimum absolute atomic E-state index is 0.0776. The molecule has 0 aliphatic carbocycles. The molecule has 4 rings (SSSR count). The van der Waals surface area contributed by atoms with Crippen LogP contribution in [0, 0.1) is 0 Å². The average Bonchev–Trinajstić information content (AvgIpc) is 3.29. The van der Waals surface area contributed by atoms with Crippen LogP contribution in [0.2, 0.25) is 0 Å². The van der Waals surface area contributed by atoms with E-state index in [0.717, 1.165) is 48.9 Å². The van der Waals surface area contributed by atoms with Crippen molar-refractivity contribution in [2.24, 2.45) is 4.99 Å². The largest absolute Gasteiger partial charge is 0.351 e. The molecule has 35 heavy (non-hydrogen) atoms. The summed E-state index contributed by atoms with van der Waals surface area (Å²) in [6.45, 7) is 9.34. The van der Waals surface area contributed by atoms with E-state index in [4.69, 9.17) is 0 Å². The zero-order valence-corrected chi connectivity index (χ0v) is 20.5. The van der Waals surface area contributed by atoms with Crippen LogP contribution in [-0.4, -0.2) is 70.1 Å². The summed E-state index contributed by atoms with van der Waals surface area (Å²) in [4.78, 5) is 33.9. The summed E-state index contributed by atoms with van der Waals surface area (Å²) < 4.78 is 0. The second-order valence-electron chi connectivity index (χ2n) is 9.08. The number of hydrogen-bond donors (Lipinski definition) is 2. The zero-order valence-electron chi connectivity index (χ0n) is 20.5. The Labute approximate surface area is 206 Å². The van der Waals surface area contributed by atoms with Crippen LogP contribution in [0.25, 0.3) is 16.6 Å². The monoisotopic (exact) mass is 471 g/mol. The molecule has 1 saturated heterocycles. The standard InChI is InChI=1S/C27H33N7O/c1-5-13-28-19(2)23-11-14-29-27(32-23)30-21-9-10-24-20(17-21)18-25(31-24)26(35)34-15-7-6-8-22(34)12-16-33(3)4/h5,9-11,13-14,17-18,22,31H,1-2,6-8,12,15-16H2,3-4H3,(H,29,30,32). The molecule has 0 saturated carbocycles. The number of aromatic nitrogens is 3. The van der Waals surface area contributed by atoms with Crippen LogP contribution in [-0.2, 0) is 0 Å². The summed E-state index contributed by atoms with van der Waals surface area (Å²) in [5.74, 6) is 0.523. The highest BCUT2D eigenvalue weighted by atomic mass is 16.2. The van der Waals surface area contributed by atoms with Crippen molar-refractivity contribution >= 4 is 40.4 Å². The van der Waals surface area contributed by atoms with Crippen LogP contribution < -0.4 is 5.32 Å². The molecule has 3 heterocycles. The van der Waals surface area contributed by atoms with Gasteiger partial charge in [0, 0.05) is 41.6 Å². The second-order valence-corrected chi connectivity index (χ2v) is 9.08. The molecule has 8 heteroatoms. The highest BCUT2D eigenvalue weighted by molar-refractivity contribution is 5.99. The summed E-state index contributed by atoms with van der Waals surface area (Å²) in [6.07, 6.45) is 9.13. The van der Waals surface area contributed by atoms with E-state index < -0.39 is 0 Å². The Morgan fingerprint density at radius 2 is 2.17 bits per heavy atom. The van der Waals surface area contributed by atoms with Gasteiger partial charge in [-0.1, -0.05) is 19.2 Å². The molecule has 0 bridgehead atoms. The number of carbonyl (C=O) groups is 1. The van der Waals surface area contributed by atoms with Gasteiger partial charge in [0.1, 0.15) is 5.69 Å². The van der Waals surface area contributed by atoms with E-state index in [-0.39, 0.29) is 11.9 Å². The van der Waals surface area contributed by atoms with Crippen LogP contribution >= 0.6 is 0 Å². The van der Waals surface area contributed by atoms with Crippen LogP contribution in [0.1, 0.15) is 41.9 Å². The minimum Gasteiger partial charge on any atom is -0.351 e. The molecule has 182 valence electrons. The molecule has 1 aliphatic rings. The maximum absolute atomic E-state index is 13.4. The lowest BCUT2D eigenvalue weighted by molar-refractivity contribution is 0.0586. The number of aromatic amines is 1. The van der Waals surface area contributed by atoms with Crippen molar-refractivity contribution in [3.63, 3.8) is 0 Å². The number of hydrogen-bond acceptors (Lipinski definition) is 6. The maximum atomic E-state index is 13.4. The molecular formula is C27H33N7O. The normalized spacial score (nSPS) is 16.2. The lowest BCUT2D eigenvalue weighted by Gasteiger charge is -2.36. The maximum Gasteiger partial charge on any atom is 0.270 e. The fourth-order valence-corrected chi connectivity index (χ4v) is 4.37. The summed E-state index contributed by atoms with van der Waals surface area (Å²) in [5, 5.41) is 4.19. The summed E-state index contributed by atoms with van der Waals surface area (Å²) >= 11 is 0. The number of allylic oxidation sites excluding steroid dienone is 1. The number of rotatable bonds is 9. The first kappa shape index (κ1) is 24.3. The van der Waals surface area contributed by atoms with Gasteiger partial charge in [0.15, 0.2) is 0 Å². The van der Waals surface area contributed by atoms with E-state index in [1.54, 1.807) is 24.6 Å². The van der Waals surface area contributed by atoms with Crippen molar-refractivity contribution in [1.29, 1.82) is 0 Å². The Bertz CT molecular complexity index is 1240. The van der Waals surface area contributed by atoms with E-state index in [2.05, 4.69) is 62.3 Å². The molecule has 1 unspecified atom stereocenters. The first-order valence-corrected chi connectivity index (χ1v) is 12.0. The molecule has 8 nitrogen and oxygen atoms in total. The van der Waals surface area contributed by atoms with E-state index in [1.807, 2.05) is 24.3 Å². The van der Waals surface area contributed by atoms with E-state index in [0.29, 0.717) is 23.0 Å². The van der Waals surface area contributed by atoms with Crippen molar-refractivity contribution < 1.29 is 4.79 Å². The topological polar surface area (TPSA) is 89.5 Å². The van der Waals surface area contributed by atoms with E-state index in [9.17, 15) is 4.79 Å². The van der Waals surface area contributed by atoms with Crippen molar-refractivity contribution in [3.8, 4) is 0 Å². The lowest BCUT2D eigenvalue weighted by atomic mass is 9.98. The predicted octanol–water partition coefficient (Wildman–Crippen LogP) is 4.88. The third-order valence-electron chi connectivity index (χ3n) is 6.19. The highest BCUT2D eigenvalue weighted by Gasteiger charge is 2.28. The SMILES string of the molecule is C=CC=NC(=C)c1ccnc(Nc2ccc3[nH]c(C(=O)N4CCCCC4CCN(C)C)cc3c2)n1. The molecule has 3 aromatic rings. The van der Waals surface area contributed by atoms with Crippen LogP contribution in [0.3, 0.4) is 0 Å². The number of likely N-dealkylation sites (tertiary alicyclic amines) is 1. The van der Waals surface area contributed by atoms with Gasteiger partial charge in [-0.3, -0.25) is 9.79 Å². The number of nitrogens with one attached hydrogen (secondary N) is 2. The smallest absolute Gasteiger partial charge is 0.270 e. The molecule has 0 spiro atoms. The molecule has 2 aromatic heterocycles. The van der Waals surface area contributed by atoms with Crippen LogP contribution in [0.15, 0.2) is 60.8 Å². The van der Waals surface area contributed by atoms with Gasteiger partial charge in [-0.25, -0.2) is 9.97 Å². The Morgan fingerprint density at radius 3 is 2.97 bits per heavy atom. The zero-order chi connectivity index (χ0) is 24.8. The second kappa shape index (κ2) is 11.1. The first-order chi connectivity index (χ1) is 16.9. The lowest BCUT2D eigenvalue weighted by Crippen LogP contribution is -2.45. The van der Waals surface area contributed by atoms with Gasteiger partial charge in [-0.05, 0) is 76.7 Å². The van der Waals surface area contributed by atoms with Gasteiger partial charge in [0.05, 0.1) is 11.4 Å². The molecule has 0 radical (unpaired) electrons. The van der Waals surface area contributed by atoms with E-state index in [1.165, 1.54) is 6.42 Å². The number of fused-ring (bicyclic) bond motifs is 1. The quantitative estimate of drug-likeness (QED) is 0.435. The molecule has 1 aromatic carbocycles. The third-order valence-corrected chi connectivity index (χ3v) is 6.19. The molecular weight excluding hydrogens is 438 g/mol. The van der Waals surface area contributed by atoms with Crippen molar-refractivity contribution in [2.75, 3.05) is 32.5 Å². The summed E-state index contributed by atoms with van der Waals surface area (Å²) in [7, 11) is 4.15. The Balaban J connectivity index is 1.50. The summed E-state index contributed by atoms with van der Waals surface area (Å²) in [5.41, 5.74) is 3.53. The number of carbonyl (C=O) groups excluding carboxylic acids is 1. The fraction of sp³-hybridized carbons (Fsp3) is 0.333. The van der Waals surface area contributed by atoms with Gasteiger partial charge in [0.25, 0.3) is 5.91 Å². The molecule has 1 amide bonds. The number of amides is 1. The van der Waals surface area contributed by atoms with Gasteiger partial charge in [0.2, 0.25) is 5.95 Å². The number of piperidine rings is 1. The molecule has 1 atom stereocenters. The Kier molecular flexibility index (Phi) is 7.72. The van der Waals surface area contributed by atoms with Crippen LogP contribution in [0.4, 0.5) is 11.6 Å². The fourth-order valence-electron chi connectivity index (χ4n) is 4.37. The number of aliphatic imine (C=N–C) groups is 1. The van der Waals surface area contributed by atoms with Gasteiger partial charge in [-0.15, -0.1) is 0 Å². The Hall–Kier alpha value is -3.78. The van der Waals surface area contributed by atoms with Gasteiger partial charge in [-0.2, -0.15) is 0 Å². The number of benzene rings is 1. The summed E-state index contributed by atoms with van der Waals surface area (Å²) in [6, 6.07) is 9.87. The van der Waals surface area contributed by atoms with Gasteiger partial charge < -0.3 is 20.1 Å². The predicted molar refractivity (Wildman–Crippen MR) is 143 cm³/mol. The molecule has 1 fully saturated rings. The molecule has 2 N–H and O–H groups in total. The minimum atomic E-state index is 0.0776. The first-order valence-electron chi connectivity index (χ1n) is 12.0. The Morgan fingerprint density at radius 1 is 1.31 bits per heavy atom. The number of nitrogens with zero attached hydrogens (tertiary/aromatic N) is 5. The van der Waals surface area contributed by atoms with Crippen LogP contribution in [0.5, 0.6) is 0 Å². The number of anilines is 2. The molecule has 1 aliphatic heterocycles. The van der Waals surface area contributed by atoms with Crippen molar-refractivity contribution in [3.05, 3.63) is 67.2 Å².